The molecule has 112 valence electrons. The van der Waals surface area contributed by atoms with Crippen LogP contribution in [0, 0.1) is 5.41 Å². The minimum atomic E-state index is -1.01. The number of aryl methyl sites for hydroxylation is 1. The molecule has 2 N–H and O–H groups in total. The Labute approximate surface area is 126 Å². The molecule has 2 heterocycles. The molecule has 0 aliphatic heterocycles. The lowest BCUT2D eigenvalue weighted by molar-refractivity contribution is -0.146. The van der Waals surface area contributed by atoms with Gasteiger partial charge in [-0.25, -0.2) is 0 Å². The molecule has 0 radical (unpaired) electrons. The Bertz CT molecular complexity index is 659. The zero-order valence-corrected chi connectivity index (χ0v) is 12.9. The number of amides is 1. The SMILES string of the molecule is Cn1cc(C(=O)NCC(C)(C)C(=O)O)c(-c2cccs2)n1. The highest BCUT2D eigenvalue weighted by Gasteiger charge is 2.28. The Morgan fingerprint density at radius 1 is 1.48 bits per heavy atom. The second kappa shape index (κ2) is 5.69. The fourth-order valence-corrected chi connectivity index (χ4v) is 2.45. The van der Waals surface area contributed by atoms with Gasteiger partial charge in [0.2, 0.25) is 0 Å². The van der Waals surface area contributed by atoms with Crippen molar-refractivity contribution in [2.24, 2.45) is 12.5 Å². The molecule has 0 aromatic carbocycles. The number of hydrogen-bond donors (Lipinski definition) is 2. The highest BCUT2D eigenvalue weighted by atomic mass is 32.1. The summed E-state index contributed by atoms with van der Waals surface area (Å²) < 4.78 is 1.58. The van der Waals surface area contributed by atoms with Crippen LogP contribution in [0.1, 0.15) is 24.2 Å². The molecule has 0 atom stereocenters. The molecule has 2 rings (SSSR count). The van der Waals surface area contributed by atoms with E-state index in [1.54, 1.807) is 31.8 Å². The number of hydrogen-bond acceptors (Lipinski definition) is 4. The number of carboxylic acids is 1. The molecular formula is C14H17N3O3S. The molecule has 0 saturated heterocycles. The van der Waals surface area contributed by atoms with Crippen LogP contribution in [-0.4, -0.2) is 33.3 Å². The number of rotatable bonds is 5. The summed E-state index contributed by atoms with van der Waals surface area (Å²) in [4.78, 5) is 24.3. The molecule has 0 aliphatic rings. The van der Waals surface area contributed by atoms with Crippen molar-refractivity contribution in [3.8, 4) is 10.6 Å². The molecule has 6 nitrogen and oxygen atoms in total. The van der Waals surface area contributed by atoms with Gasteiger partial charge in [0.15, 0.2) is 0 Å². The zero-order valence-electron chi connectivity index (χ0n) is 12.1. The third kappa shape index (κ3) is 3.30. The largest absolute Gasteiger partial charge is 0.481 e. The number of carboxylic acid groups (broad SMARTS) is 1. The van der Waals surface area contributed by atoms with Crippen molar-refractivity contribution in [3.63, 3.8) is 0 Å². The maximum absolute atomic E-state index is 12.3. The van der Waals surface area contributed by atoms with Gasteiger partial charge >= 0.3 is 5.97 Å². The molecule has 0 unspecified atom stereocenters. The number of aliphatic carboxylic acids is 1. The van der Waals surface area contributed by atoms with E-state index >= 15 is 0 Å². The lowest BCUT2D eigenvalue weighted by Gasteiger charge is -2.19. The molecule has 0 fully saturated rings. The van der Waals surface area contributed by atoms with Crippen molar-refractivity contribution < 1.29 is 14.7 Å². The molecule has 0 bridgehead atoms. The standard InChI is InChI=1S/C14H17N3O3S/c1-14(2,13(19)20)8-15-12(18)9-7-17(3)16-11(9)10-5-4-6-21-10/h4-7H,8H2,1-3H3,(H,15,18)(H,19,20). The van der Waals surface area contributed by atoms with Gasteiger partial charge in [0, 0.05) is 19.8 Å². The third-order valence-electron chi connectivity index (χ3n) is 3.10. The van der Waals surface area contributed by atoms with E-state index in [2.05, 4.69) is 10.4 Å². The molecule has 0 spiro atoms. The van der Waals surface area contributed by atoms with Crippen LogP contribution in [0.25, 0.3) is 10.6 Å². The van der Waals surface area contributed by atoms with Crippen LogP contribution in [0.4, 0.5) is 0 Å². The molecule has 7 heteroatoms. The maximum Gasteiger partial charge on any atom is 0.310 e. The normalized spacial score (nSPS) is 11.4. The van der Waals surface area contributed by atoms with Gasteiger partial charge in [-0.05, 0) is 25.3 Å². The van der Waals surface area contributed by atoms with Crippen LogP contribution in [-0.2, 0) is 11.8 Å². The van der Waals surface area contributed by atoms with Gasteiger partial charge in [0.1, 0.15) is 5.69 Å². The van der Waals surface area contributed by atoms with Gasteiger partial charge < -0.3 is 10.4 Å². The second-order valence-corrected chi connectivity index (χ2v) is 6.36. The summed E-state index contributed by atoms with van der Waals surface area (Å²) in [5.74, 6) is -1.27. The first kappa shape index (κ1) is 15.2. The maximum atomic E-state index is 12.3. The highest BCUT2D eigenvalue weighted by molar-refractivity contribution is 7.13. The van der Waals surface area contributed by atoms with Gasteiger partial charge in [-0.1, -0.05) is 6.07 Å². The lowest BCUT2D eigenvalue weighted by atomic mass is 9.94. The average Bonchev–Trinajstić information content (AvgIpc) is 3.04. The topological polar surface area (TPSA) is 84.2 Å². The molecule has 2 aromatic heterocycles. The van der Waals surface area contributed by atoms with E-state index in [1.165, 1.54) is 11.3 Å². The van der Waals surface area contributed by atoms with Gasteiger partial charge in [0.25, 0.3) is 5.91 Å². The average molecular weight is 307 g/mol. The van der Waals surface area contributed by atoms with Crippen molar-refractivity contribution in [2.45, 2.75) is 13.8 Å². The van der Waals surface area contributed by atoms with Crippen LogP contribution in [0.2, 0.25) is 0 Å². The third-order valence-corrected chi connectivity index (χ3v) is 3.97. The summed E-state index contributed by atoms with van der Waals surface area (Å²) in [6.45, 7) is 3.19. The predicted molar refractivity (Wildman–Crippen MR) is 80.3 cm³/mol. The van der Waals surface area contributed by atoms with E-state index in [0.29, 0.717) is 11.3 Å². The van der Waals surface area contributed by atoms with E-state index in [1.807, 2.05) is 17.5 Å². The van der Waals surface area contributed by atoms with E-state index in [4.69, 9.17) is 5.11 Å². The first-order chi connectivity index (χ1) is 9.81. The highest BCUT2D eigenvalue weighted by Crippen LogP contribution is 2.26. The van der Waals surface area contributed by atoms with Crippen LogP contribution >= 0.6 is 11.3 Å². The number of nitrogens with one attached hydrogen (secondary N) is 1. The Kier molecular flexibility index (Phi) is 4.13. The van der Waals surface area contributed by atoms with E-state index < -0.39 is 11.4 Å². The first-order valence-electron chi connectivity index (χ1n) is 6.40. The molecule has 1 amide bonds. The molecular weight excluding hydrogens is 290 g/mol. The molecule has 2 aromatic rings. The zero-order chi connectivity index (χ0) is 15.6. The van der Waals surface area contributed by atoms with E-state index in [9.17, 15) is 9.59 Å². The Morgan fingerprint density at radius 2 is 2.19 bits per heavy atom. The Balaban J connectivity index is 2.19. The Morgan fingerprint density at radius 3 is 2.76 bits per heavy atom. The minimum Gasteiger partial charge on any atom is -0.481 e. The fourth-order valence-electron chi connectivity index (χ4n) is 1.72. The summed E-state index contributed by atoms with van der Waals surface area (Å²) in [5, 5.41) is 18.0. The van der Waals surface area contributed by atoms with Crippen LogP contribution in [0.15, 0.2) is 23.7 Å². The monoisotopic (exact) mass is 307 g/mol. The van der Waals surface area contributed by atoms with Crippen molar-refractivity contribution >= 4 is 23.2 Å². The molecule has 0 saturated carbocycles. The summed E-state index contributed by atoms with van der Waals surface area (Å²) in [6, 6.07) is 3.79. The van der Waals surface area contributed by atoms with Gasteiger partial charge in [0.05, 0.1) is 15.9 Å². The summed E-state index contributed by atoms with van der Waals surface area (Å²) >= 11 is 1.50. The van der Waals surface area contributed by atoms with Crippen molar-refractivity contribution in [2.75, 3.05) is 6.54 Å². The Hall–Kier alpha value is -2.15. The lowest BCUT2D eigenvalue weighted by Crippen LogP contribution is -2.38. The number of thiophene rings is 1. The van der Waals surface area contributed by atoms with Gasteiger partial charge in [-0.15, -0.1) is 11.3 Å². The van der Waals surface area contributed by atoms with Crippen LogP contribution < -0.4 is 5.32 Å². The van der Waals surface area contributed by atoms with Crippen molar-refractivity contribution in [3.05, 3.63) is 29.3 Å². The van der Waals surface area contributed by atoms with Gasteiger partial charge in [-0.2, -0.15) is 5.10 Å². The van der Waals surface area contributed by atoms with Crippen molar-refractivity contribution in [1.29, 1.82) is 0 Å². The number of carbonyl (C=O) groups excluding carboxylic acids is 1. The predicted octanol–water partition coefficient (Wildman–Crippen LogP) is 1.99. The number of aromatic nitrogens is 2. The number of nitrogens with zero attached hydrogens (tertiary/aromatic N) is 2. The van der Waals surface area contributed by atoms with Gasteiger partial charge in [-0.3, -0.25) is 14.3 Å². The molecule has 21 heavy (non-hydrogen) atoms. The first-order valence-corrected chi connectivity index (χ1v) is 7.28. The second-order valence-electron chi connectivity index (χ2n) is 5.41. The fraction of sp³-hybridized carbons (Fsp3) is 0.357. The summed E-state index contributed by atoms with van der Waals surface area (Å²) in [5.41, 5.74) is 0.0419. The quantitative estimate of drug-likeness (QED) is 0.884. The summed E-state index contributed by atoms with van der Waals surface area (Å²) in [7, 11) is 1.75. The summed E-state index contributed by atoms with van der Waals surface area (Å²) in [6.07, 6.45) is 1.64. The van der Waals surface area contributed by atoms with Crippen molar-refractivity contribution in [1.82, 2.24) is 15.1 Å². The van der Waals surface area contributed by atoms with E-state index in [-0.39, 0.29) is 12.5 Å². The minimum absolute atomic E-state index is 0.0555. The number of carbonyl (C=O) groups is 2. The smallest absolute Gasteiger partial charge is 0.310 e. The van der Waals surface area contributed by atoms with E-state index in [0.717, 1.165) is 4.88 Å². The molecule has 0 aliphatic carbocycles. The van der Waals surface area contributed by atoms with Crippen LogP contribution in [0.3, 0.4) is 0 Å². The van der Waals surface area contributed by atoms with Crippen LogP contribution in [0.5, 0.6) is 0 Å².